The molecule has 0 fully saturated rings. The summed E-state index contributed by atoms with van der Waals surface area (Å²) in [6.07, 6.45) is 0.419. The Balaban J connectivity index is 1.89. The third-order valence-electron chi connectivity index (χ3n) is 3.27. The molecule has 4 nitrogen and oxygen atoms in total. The fraction of sp³-hybridized carbons (Fsp3) is 0.222. The summed E-state index contributed by atoms with van der Waals surface area (Å²) in [5, 5.41) is 2.64. The van der Waals surface area contributed by atoms with Crippen LogP contribution in [0.4, 0.5) is 4.39 Å². The lowest BCUT2D eigenvalue weighted by Gasteiger charge is -2.16. The Labute approximate surface area is 134 Å². The first-order chi connectivity index (χ1) is 11.0. The van der Waals surface area contributed by atoms with Crippen LogP contribution in [0.15, 0.2) is 54.6 Å². The predicted molar refractivity (Wildman–Crippen MR) is 84.7 cm³/mol. The smallest absolute Gasteiger partial charge is 0.258 e. The maximum Gasteiger partial charge on any atom is 0.258 e. The molecule has 0 heterocycles. The van der Waals surface area contributed by atoms with Crippen molar-refractivity contribution < 1.29 is 18.7 Å². The lowest BCUT2D eigenvalue weighted by molar-refractivity contribution is -0.128. The molecule has 0 aliphatic rings. The van der Waals surface area contributed by atoms with Gasteiger partial charge in [0.25, 0.3) is 5.91 Å². The van der Waals surface area contributed by atoms with Gasteiger partial charge in [0.2, 0.25) is 0 Å². The average molecular weight is 315 g/mol. The third kappa shape index (κ3) is 5.54. The van der Waals surface area contributed by atoms with E-state index < -0.39 is 17.8 Å². The molecular weight excluding hydrogens is 297 g/mol. The number of carbonyl (C=O) groups is 2. The molecule has 1 N–H and O–H groups in total. The van der Waals surface area contributed by atoms with Gasteiger partial charge in [-0.1, -0.05) is 36.4 Å². The van der Waals surface area contributed by atoms with Crippen molar-refractivity contribution in [3.8, 4) is 5.75 Å². The fourth-order valence-corrected chi connectivity index (χ4v) is 2.09. The van der Waals surface area contributed by atoms with Gasteiger partial charge >= 0.3 is 0 Å². The number of Topliss-reactive ketones (excluding diaryl/α,β-unsaturated/α-hetero) is 1. The van der Waals surface area contributed by atoms with Crippen LogP contribution >= 0.6 is 0 Å². The van der Waals surface area contributed by atoms with Crippen LogP contribution in [0.5, 0.6) is 5.75 Å². The van der Waals surface area contributed by atoms with Gasteiger partial charge in [0.15, 0.2) is 12.4 Å². The van der Waals surface area contributed by atoms with Gasteiger partial charge in [0.1, 0.15) is 11.6 Å². The number of ketones is 1. The molecule has 0 saturated heterocycles. The highest BCUT2D eigenvalue weighted by molar-refractivity contribution is 5.88. The monoisotopic (exact) mass is 315 g/mol. The predicted octanol–water partition coefficient (Wildman–Crippen LogP) is 2.52. The summed E-state index contributed by atoms with van der Waals surface area (Å²) < 4.78 is 18.2. The molecule has 5 heteroatoms. The van der Waals surface area contributed by atoms with Crippen LogP contribution in [0.3, 0.4) is 0 Å². The Morgan fingerprint density at radius 1 is 1.13 bits per heavy atom. The molecule has 0 radical (unpaired) electrons. The van der Waals surface area contributed by atoms with Crippen LogP contribution in [0, 0.1) is 5.82 Å². The lowest BCUT2D eigenvalue weighted by atomic mass is 10.0. The van der Waals surface area contributed by atoms with Crippen molar-refractivity contribution in [1.82, 2.24) is 5.32 Å². The summed E-state index contributed by atoms with van der Waals surface area (Å²) >= 11 is 0. The highest BCUT2D eigenvalue weighted by atomic mass is 19.1. The minimum absolute atomic E-state index is 0.132. The highest BCUT2D eigenvalue weighted by Gasteiger charge is 2.17. The fourth-order valence-electron chi connectivity index (χ4n) is 2.09. The van der Waals surface area contributed by atoms with Crippen molar-refractivity contribution in [2.24, 2.45) is 0 Å². The Morgan fingerprint density at radius 3 is 2.52 bits per heavy atom. The van der Waals surface area contributed by atoms with Crippen molar-refractivity contribution in [3.05, 3.63) is 66.0 Å². The second-order valence-electron chi connectivity index (χ2n) is 5.17. The van der Waals surface area contributed by atoms with Crippen LogP contribution in [0.1, 0.15) is 12.5 Å². The van der Waals surface area contributed by atoms with Crippen molar-refractivity contribution >= 4 is 11.7 Å². The van der Waals surface area contributed by atoms with Crippen molar-refractivity contribution in [1.29, 1.82) is 0 Å². The first-order valence-corrected chi connectivity index (χ1v) is 7.26. The molecule has 0 aromatic heterocycles. The number of hydrogen-bond acceptors (Lipinski definition) is 3. The summed E-state index contributed by atoms with van der Waals surface area (Å²) in [5.74, 6) is -0.727. The number of carbonyl (C=O) groups excluding carboxylic acids is 2. The molecule has 0 unspecified atom stereocenters. The molecule has 0 bridgehead atoms. The molecule has 0 aliphatic carbocycles. The second kappa shape index (κ2) is 8.08. The zero-order valence-electron chi connectivity index (χ0n) is 12.8. The van der Waals surface area contributed by atoms with Gasteiger partial charge in [-0.25, -0.2) is 4.39 Å². The van der Waals surface area contributed by atoms with Crippen LogP contribution < -0.4 is 10.1 Å². The van der Waals surface area contributed by atoms with Gasteiger partial charge in [-0.05, 0) is 31.0 Å². The molecule has 1 atom stereocenters. The standard InChI is InChI=1S/C18H18FNO3/c1-13(21)17(10-14-6-3-2-4-7-14)20-18(22)12-23-16-9-5-8-15(19)11-16/h2-9,11,17H,10,12H2,1H3,(H,20,22)/t17-/m0/s1. The highest BCUT2D eigenvalue weighted by Crippen LogP contribution is 2.11. The van der Waals surface area contributed by atoms with Gasteiger partial charge < -0.3 is 10.1 Å². The van der Waals surface area contributed by atoms with Gasteiger partial charge in [0, 0.05) is 6.07 Å². The van der Waals surface area contributed by atoms with E-state index in [-0.39, 0.29) is 18.1 Å². The van der Waals surface area contributed by atoms with E-state index in [9.17, 15) is 14.0 Å². The molecule has 0 spiro atoms. The Hall–Kier alpha value is -2.69. The maximum atomic E-state index is 13.0. The van der Waals surface area contributed by atoms with Gasteiger partial charge in [-0.15, -0.1) is 0 Å². The van der Waals surface area contributed by atoms with Gasteiger partial charge in [0.05, 0.1) is 6.04 Å². The Morgan fingerprint density at radius 2 is 1.87 bits per heavy atom. The summed E-state index contributed by atoms with van der Waals surface area (Å²) in [7, 11) is 0. The SMILES string of the molecule is CC(=O)[C@H](Cc1ccccc1)NC(=O)COc1cccc(F)c1. The summed E-state index contributed by atoms with van der Waals surface area (Å²) in [6, 6.07) is 14.4. The molecule has 2 aromatic carbocycles. The van der Waals surface area contributed by atoms with E-state index in [1.807, 2.05) is 30.3 Å². The zero-order chi connectivity index (χ0) is 16.7. The molecule has 2 rings (SSSR count). The van der Waals surface area contributed by atoms with Gasteiger partial charge in [-0.2, -0.15) is 0 Å². The number of nitrogens with one attached hydrogen (secondary N) is 1. The third-order valence-corrected chi connectivity index (χ3v) is 3.27. The van der Waals surface area contributed by atoms with Crippen molar-refractivity contribution in [2.45, 2.75) is 19.4 Å². The molecule has 0 saturated carbocycles. The van der Waals surface area contributed by atoms with Crippen LogP contribution in [0.2, 0.25) is 0 Å². The minimum Gasteiger partial charge on any atom is -0.484 e. The quantitative estimate of drug-likeness (QED) is 0.854. The first-order valence-electron chi connectivity index (χ1n) is 7.26. The van der Waals surface area contributed by atoms with E-state index in [0.29, 0.717) is 6.42 Å². The first kappa shape index (κ1) is 16.7. The van der Waals surface area contributed by atoms with E-state index in [2.05, 4.69) is 5.32 Å². The van der Waals surface area contributed by atoms with Crippen LogP contribution in [0.25, 0.3) is 0 Å². The van der Waals surface area contributed by atoms with Crippen LogP contribution in [-0.2, 0) is 16.0 Å². The Kier molecular flexibility index (Phi) is 5.86. The van der Waals surface area contributed by atoms with E-state index in [1.165, 1.54) is 25.1 Å². The number of rotatable bonds is 7. The largest absolute Gasteiger partial charge is 0.484 e. The summed E-state index contributed by atoms with van der Waals surface area (Å²) in [5.41, 5.74) is 0.957. The normalized spacial score (nSPS) is 11.6. The van der Waals surface area contributed by atoms with Gasteiger partial charge in [-0.3, -0.25) is 9.59 Å². The lowest BCUT2D eigenvalue weighted by Crippen LogP contribution is -2.43. The maximum absolute atomic E-state index is 13.0. The average Bonchev–Trinajstić information content (AvgIpc) is 2.53. The van der Waals surface area contributed by atoms with E-state index in [0.717, 1.165) is 5.56 Å². The molecule has 120 valence electrons. The number of ether oxygens (including phenoxy) is 1. The topological polar surface area (TPSA) is 55.4 Å². The number of hydrogen-bond donors (Lipinski definition) is 1. The number of amides is 1. The summed E-state index contributed by atoms with van der Waals surface area (Å²) in [4.78, 5) is 23.6. The van der Waals surface area contributed by atoms with E-state index in [1.54, 1.807) is 6.07 Å². The Bertz CT molecular complexity index is 673. The second-order valence-corrected chi connectivity index (χ2v) is 5.17. The van der Waals surface area contributed by atoms with Crippen molar-refractivity contribution in [3.63, 3.8) is 0 Å². The summed E-state index contributed by atoms with van der Waals surface area (Å²) in [6.45, 7) is 1.16. The molecule has 23 heavy (non-hydrogen) atoms. The zero-order valence-corrected chi connectivity index (χ0v) is 12.8. The molecular formula is C18H18FNO3. The van der Waals surface area contributed by atoms with E-state index in [4.69, 9.17) is 4.74 Å². The van der Waals surface area contributed by atoms with Crippen molar-refractivity contribution in [2.75, 3.05) is 6.61 Å². The molecule has 2 aromatic rings. The van der Waals surface area contributed by atoms with Crippen LogP contribution in [-0.4, -0.2) is 24.3 Å². The molecule has 1 amide bonds. The molecule has 0 aliphatic heterocycles. The number of benzene rings is 2. The van der Waals surface area contributed by atoms with E-state index >= 15 is 0 Å². The number of halogens is 1. The minimum atomic E-state index is -0.610.